The first kappa shape index (κ1) is 15.3. The van der Waals surface area contributed by atoms with Gasteiger partial charge in [-0.2, -0.15) is 0 Å². The molecular weight excluding hydrogens is 300 g/mol. The fourth-order valence-corrected chi connectivity index (χ4v) is 2.00. The summed E-state index contributed by atoms with van der Waals surface area (Å²) in [7, 11) is 0. The van der Waals surface area contributed by atoms with Gasteiger partial charge in [-0.05, 0) is 43.7 Å². The van der Waals surface area contributed by atoms with Crippen LogP contribution < -0.4 is 5.32 Å². The second-order valence-corrected chi connectivity index (χ2v) is 4.88. The number of rotatable bonds is 3. The molecule has 0 atom stereocenters. The molecule has 1 aromatic carbocycles. The minimum atomic E-state index is -2.75. The van der Waals surface area contributed by atoms with Crippen molar-refractivity contribution in [2.45, 2.75) is 20.3 Å². The first-order valence-corrected chi connectivity index (χ1v) is 6.46. The molecule has 0 fully saturated rings. The van der Waals surface area contributed by atoms with Crippen molar-refractivity contribution >= 4 is 23.2 Å². The lowest BCUT2D eigenvalue weighted by atomic mass is 10.2. The molecule has 0 bridgehead atoms. The van der Waals surface area contributed by atoms with E-state index < -0.39 is 18.0 Å². The van der Waals surface area contributed by atoms with E-state index in [0.717, 1.165) is 11.6 Å². The van der Waals surface area contributed by atoms with Gasteiger partial charge >= 0.3 is 0 Å². The van der Waals surface area contributed by atoms with Gasteiger partial charge in [-0.3, -0.25) is 4.79 Å². The van der Waals surface area contributed by atoms with E-state index in [1.807, 2.05) is 0 Å². The molecule has 21 heavy (non-hydrogen) atoms. The van der Waals surface area contributed by atoms with Crippen LogP contribution in [0.4, 0.5) is 14.5 Å². The first-order valence-electron chi connectivity index (χ1n) is 6.08. The number of nitrogens with zero attached hydrogens (tertiary/aromatic N) is 2. The number of hydrogen-bond acceptors (Lipinski definition) is 3. The van der Waals surface area contributed by atoms with Crippen LogP contribution >= 0.6 is 11.6 Å². The topological polar surface area (TPSA) is 54.9 Å². The van der Waals surface area contributed by atoms with Crippen molar-refractivity contribution in [1.29, 1.82) is 0 Å². The molecule has 1 amide bonds. The third kappa shape index (κ3) is 3.72. The van der Waals surface area contributed by atoms with Crippen molar-refractivity contribution in [2.75, 3.05) is 5.32 Å². The molecule has 2 rings (SSSR count). The third-order valence-corrected chi connectivity index (χ3v) is 2.99. The maximum atomic E-state index is 12.7. The zero-order valence-corrected chi connectivity index (χ0v) is 12.1. The summed E-state index contributed by atoms with van der Waals surface area (Å²) in [5.41, 5.74) is 0.725. The number of carbonyl (C=O) groups is 1. The van der Waals surface area contributed by atoms with Crippen molar-refractivity contribution in [1.82, 2.24) is 9.97 Å². The van der Waals surface area contributed by atoms with Gasteiger partial charge in [0.05, 0.1) is 0 Å². The summed E-state index contributed by atoms with van der Waals surface area (Å²) in [6.07, 6.45) is -2.75. The van der Waals surface area contributed by atoms with Gasteiger partial charge in [-0.15, -0.1) is 0 Å². The predicted octanol–water partition coefficient (Wildman–Crippen LogP) is 3.94. The van der Waals surface area contributed by atoms with Crippen molar-refractivity contribution in [3.63, 3.8) is 0 Å². The number of nitrogens with one attached hydrogen (secondary N) is 1. The quantitative estimate of drug-likeness (QED) is 0.934. The number of amides is 1. The number of aryl methyl sites for hydroxylation is 2. The standard InChI is InChI=1S/C14H12ClF2N3O/c1-7-5-9(15)3-4-10(7)20-14(21)12-6-11(13(16)17)18-8(2)19-12/h3-6,13H,1-2H3,(H,20,21). The van der Waals surface area contributed by atoms with E-state index in [1.54, 1.807) is 25.1 Å². The average molecular weight is 312 g/mol. The van der Waals surface area contributed by atoms with Gasteiger partial charge in [0.2, 0.25) is 0 Å². The fraction of sp³-hybridized carbons (Fsp3) is 0.214. The van der Waals surface area contributed by atoms with Crippen LogP contribution in [0.5, 0.6) is 0 Å². The lowest BCUT2D eigenvalue weighted by Crippen LogP contribution is -2.16. The highest BCUT2D eigenvalue weighted by atomic mass is 35.5. The number of anilines is 1. The smallest absolute Gasteiger partial charge is 0.280 e. The highest BCUT2D eigenvalue weighted by molar-refractivity contribution is 6.30. The highest BCUT2D eigenvalue weighted by Gasteiger charge is 2.16. The van der Waals surface area contributed by atoms with E-state index in [2.05, 4.69) is 15.3 Å². The van der Waals surface area contributed by atoms with E-state index >= 15 is 0 Å². The number of hydrogen-bond donors (Lipinski definition) is 1. The van der Waals surface area contributed by atoms with Crippen LogP contribution in [0.25, 0.3) is 0 Å². The highest BCUT2D eigenvalue weighted by Crippen LogP contribution is 2.21. The molecule has 2 aromatic rings. The number of aromatic nitrogens is 2. The summed E-state index contributed by atoms with van der Waals surface area (Å²) in [6, 6.07) is 5.93. The largest absolute Gasteiger partial charge is 0.320 e. The zero-order chi connectivity index (χ0) is 15.6. The van der Waals surface area contributed by atoms with Crippen LogP contribution in [0.2, 0.25) is 5.02 Å². The Labute approximate surface area is 125 Å². The van der Waals surface area contributed by atoms with Crippen LogP contribution in [0.3, 0.4) is 0 Å². The molecule has 0 aliphatic carbocycles. The summed E-state index contributed by atoms with van der Waals surface area (Å²) < 4.78 is 25.4. The van der Waals surface area contributed by atoms with Gasteiger partial charge in [-0.25, -0.2) is 18.7 Å². The lowest BCUT2D eigenvalue weighted by molar-refractivity contribution is 0.102. The van der Waals surface area contributed by atoms with Crippen LogP contribution in [0.1, 0.15) is 34.0 Å². The van der Waals surface area contributed by atoms with Gasteiger partial charge in [0, 0.05) is 10.7 Å². The molecule has 0 unspecified atom stereocenters. The van der Waals surface area contributed by atoms with Crippen LogP contribution in [-0.4, -0.2) is 15.9 Å². The molecule has 0 aliphatic heterocycles. The number of benzene rings is 1. The fourth-order valence-electron chi connectivity index (χ4n) is 1.77. The molecule has 0 radical (unpaired) electrons. The molecule has 0 aliphatic rings. The third-order valence-electron chi connectivity index (χ3n) is 2.75. The van der Waals surface area contributed by atoms with E-state index in [9.17, 15) is 13.6 Å². The SMILES string of the molecule is Cc1nc(C(=O)Nc2ccc(Cl)cc2C)cc(C(F)F)n1. The Morgan fingerprint density at radius 3 is 2.57 bits per heavy atom. The maximum absolute atomic E-state index is 12.7. The second-order valence-electron chi connectivity index (χ2n) is 4.44. The Kier molecular flexibility index (Phi) is 4.47. The summed E-state index contributed by atoms with van der Waals surface area (Å²) in [5.74, 6) is -0.460. The van der Waals surface area contributed by atoms with Crippen LogP contribution in [0, 0.1) is 13.8 Å². The molecule has 4 nitrogen and oxygen atoms in total. The normalized spacial score (nSPS) is 10.8. The summed E-state index contributed by atoms with van der Waals surface area (Å²) in [4.78, 5) is 19.6. The monoisotopic (exact) mass is 311 g/mol. The van der Waals surface area contributed by atoms with Crippen molar-refractivity contribution in [2.24, 2.45) is 0 Å². The Morgan fingerprint density at radius 2 is 1.95 bits per heavy atom. The molecular formula is C14H12ClF2N3O. The minimum absolute atomic E-state index is 0.104. The summed E-state index contributed by atoms with van der Waals surface area (Å²) in [5, 5.41) is 3.16. The van der Waals surface area contributed by atoms with Gasteiger partial charge in [0.25, 0.3) is 12.3 Å². The van der Waals surface area contributed by atoms with E-state index in [4.69, 9.17) is 11.6 Å². The average Bonchev–Trinajstić information content (AvgIpc) is 2.41. The lowest BCUT2D eigenvalue weighted by Gasteiger charge is -2.09. The Bertz CT molecular complexity index is 692. The molecule has 0 saturated carbocycles. The molecule has 0 spiro atoms. The zero-order valence-electron chi connectivity index (χ0n) is 11.3. The van der Waals surface area contributed by atoms with Crippen LogP contribution in [0.15, 0.2) is 24.3 Å². The van der Waals surface area contributed by atoms with Gasteiger partial charge < -0.3 is 5.32 Å². The van der Waals surface area contributed by atoms with Crippen molar-refractivity contribution < 1.29 is 13.6 Å². The van der Waals surface area contributed by atoms with Crippen molar-refractivity contribution in [3.05, 3.63) is 52.1 Å². The van der Waals surface area contributed by atoms with Gasteiger partial charge in [-0.1, -0.05) is 11.6 Å². The molecule has 1 N–H and O–H groups in total. The molecule has 1 aromatic heterocycles. The summed E-state index contributed by atoms with van der Waals surface area (Å²) >= 11 is 5.83. The van der Waals surface area contributed by atoms with Crippen LogP contribution in [-0.2, 0) is 0 Å². The minimum Gasteiger partial charge on any atom is -0.320 e. The Morgan fingerprint density at radius 1 is 1.24 bits per heavy atom. The van der Waals surface area contributed by atoms with E-state index in [0.29, 0.717) is 10.7 Å². The summed E-state index contributed by atoms with van der Waals surface area (Å²) in [6.45, 7) is 3.23. The Hall–Kier alpha value is -2.08. The number of alkyl halides is 2. The van der Waals surface area contributed by atoms with E-state index in [-0.39, 0.29) is 11.5 Å². The first-order chi connectivity index (χ1) is 9.86. The molecule has 110 valence electrons. The van der Waals surface area contributed by atoms with Crippen molar-refractivity contribution in [3.8, 4) is 0 Å². The molecule has 1 heterocycles. The van der Waals surface area contributed by atoms with Gasteiger partial charge in [0.1, 0.15) is 17.2 Å². The molecule has 0 saturated heterocycles. The predicted molar refractivity (Wildman–Crippen MR) is 75.9 cm³/mol. The maximum Gasteiger partial charge on any atom is 0.280 e. The number of carbonyl (C=O) groups excluding carboxylic acids is 1. The second kappa shape index (κ2) is 6.13. The Balaban J connectivity index is 2.28. The van der Waals surface area contributed by atoms with E-state index in [1.165, 1.54) is 6.92 Å². The number of halogens is 3. The molecule has 7 heteroatoms. The van der Waals surface area contributed by atoms with Gasteiger partial charge in [0.15, 0.2) is 0 Å².